The van der Waals surface area contributed by atoms with Gasteiger partial charge in [-0.15, -0.1) is 5.10 Å². The molecule has 2 atom stereocenters. The molecule has 2 aliphatic heterocycles. The third-order valence-electron chi connectivity index (χ3n) is 5.46. The minimum Gasteiger partial charge on any atom is -0.301 e. The molecular weight excluding hydrogens is 284 g/mol. The Kier molecular flexibility index (Phi) is 4.17. The van der Waals surface area contributed by atoms with Crippen molar-refractivity contribution in [3.63, 3.8) is 0 Å². The van der Waals surface area contributed by atoms with Crippen molar-refractivity contribution >= 4 is 0 Å². The van der Waals surface area contributed by atoms with Crippen LogP contribution in [0, 0.1) is 5.92 Å². The summed E-state index contributed by atoms with van der Waals surface area (Å²) in [6, 6.07) is 11.0. The summed E-state index contributed by atoms with van der Waals surface area (Å²) in [5, 5.41) is 9.07. The monoisotopic (exact) mass is 310 g/mol. The van der Waals surface area contributed by atoms with E-state index in [0.717, 1.165) is 24.6 Å². The fourth-order valence-electron chi connectivity index (χ4n) is 4.23. The smallest absolute Gasteiger partial charge is 0.116 e. The maximum Gasteiger partial charge on any atom is 0.116 e. The predicted molar refractivity (Wildman–Crippen MR) is 92.3 cm³/mol. The van der Waals surface area contributed by atoms with Crippen LogP contribution in [0.1, 0.15) is 44.3 Å². The Hall–Kier alpha value is -1.68. The van der Waals surface area contributed by atoms with Crippen molar-refractivity contribution in [2.45, 2.75) is 45.1 Å². The zero-order chi connectivity index (χ0) is 15.6. The molecule has 1 fully saturated rings. The molecule has 0 unspecified atom stereocenters. The van der Waals surface area contributed by atoms with Gasteiger partial charge in [0.05, 0.1) is 11.7 Å². The van der Waals surface area contributed by atoms with E-state index in [9.17, 15) is 0 Å². The lowest BCUT2D eigenvalue weighted by atomic mass is 9.91. The maximum atomic E-state index is 4.55. The van der Waals surface area contributed by atoms with Crippen molar-refractivity contribution in [1.82, 2.24) is 19.9 Å². The highest BCUT2D eigenvalue weighted by Gasteiger charge is 2.39. The second-order valence-electron chi connectivity index (χ2n) is 7.03. The highest BCUT2D eigenvalue weighted by atomic mass is 15.5. The molecule has 0 bridgehead atoms. The number of unbranched alkanes of at least 4 members (excludes halogenated alkanes) is 2. The van der Waals surface area contributed by atoms with Gasteiger partial charge in [0.1, 0.15) is 5.69 Å². The summed E-state index contributed by atoms with van der Waals surface area (Å²) in [4.78, 5) is 2.64. The number of benzene rings is 1. The maximum absolute atomic E-state index is 4.55. The first-order chi connectivity index (χ1) is 11.4. The van der Waals surface area contributed by atoms with E-state index in [-0.39, 0.29) is 0 Å². The van der Waals surface area contributed by atoms with Crippen LogP contribution in [0.3, 0.4) is 0 Å². The summed E-state index contributed by atoms with van der Waals surface area (Å²) in [5.41, 5.74) is 3.63. The van der Waals surface area contributed by atoms with Crippen LogP contribution in [0.15, 0.2) is 30.3 Å². The molecule has 4 heteroatoms. The molecule has 0 amide bonds. The van der Waals surface area contributed by atoms with Crippen LogP contribution in [0.2, 0.25) is 0 Å². The van der Waals surface area contributed by atoms with Gasteiger partial charge in [-0.25, -0.2) is 4.68 Å². The van der Waals surface area contributed by atoms with Crippen LogP contribution in [0.4, 0.5) is 0 Å². The quantitative estimate of drug-likeness (QED) is 0.792. The third-order valence-corrected chi connectivity index (χ3v) is 5.46. The molecule has 0 N–H and O–H groups in total. The lowest BCUT2D eigenvalue weighted by molar-refractivity contribution is 0.306. The summed E-state index contributed by atoms with van der Waals surface area (Å²) in [5.74, 6) is 0.759. The van der Waals surface area contributed by atoms with Crippen LogP contribution >= 0.6 is 0 Å². The summed E-state index contributed by atoms with van der Waals surface area (Å²) in [7, 11) is 0. The number of aromatic nitrogens is 3. The van der Waals surface area contributed by atoms with Crippen molar-refractivity contribution in [2.75, 3.05) is 19.6 Å². The average molecular weight is 310 g/mol. The Bertz CT molecular complexity index is 649. The minimum atomic E-state index is 0.533. The summed E-state index contributed by atoms with van der Waals surface area (Å²) in [6.07, 6.45) is 6.37. The van der Waals surface area contributed by atoms with Gasteiger partial charge in [0.2, 0.25) is 0 Å². The van der Waals surface area contributed by atoms with E-state index in [0.29, 0.717) is 6.04 Å². The van der Waals surface area contributed by atoms with Gasteiger partial charge in [-0.3, -0.25) is 0 Å². The van der Waals surface area contributed by atoms with Gasteiger partial charge >= 0.3 is 0 Å². The van der Waals surface area contributed by atoms with E-state index >= 15 is 0 Å². The molecule has 23 heavy (non-hydrogen) atoms. The number of nitrogens with zero attached hydrogens (tertiary/aromatic N) is 4. The van der Waals surface area contributed by atoms with Gasteiger partial charge < -0.3 is 4.90 Å². The Labute approximate surface area is 138 Å². The molecule has 1 aromatic heterocycles. The van der Waals surface area contributed by atoms with Crippen molar-refractivity contribution in [3.8, 4) is 11.3 Å². The average Bonchev–Trinajstić information content (AvgIpc) is 3.19. The Morgan fingerprint density at radius 3 is 2.83 bits per heavy atom. The lowest BCUT2D eigenvalue weighted by Crippen LogP contribution is -2.26. The number of hydrogen-bond acceptors (Lipinski definition) is 3. The predicted octanol–water partition coefficient (Wildman–Crippen LogP) is 3.55. The van der Waals surface area contributed by atoms with Crippen LogP contribution in [-0.4, -0.2) is 39.5 Å². The minimum absolute atomic E-state index is 0.533. The molecule has 122 valence electrons. The van der Waals surface area contributed by atoms with Gasteiger partial charge in [-0.1, -0.05) is 55.3 Å². The zero-order valence-electron chi connectivity index (χ0n) is 14.0. The van der Waals surface area contributed by atoms with Crippen LogP contribution in [0.25, 0.3) is 11.3 Å². The number of rotatable bonds is 5. The highest BCUT2D eigenvalue weighted by molar-refractivity contribution is 5.61. The molecule has 0 spiro atoms. The Balaban J connectivity index is 1.53. The van der Waals surface area contributed by atoms with E-state index in [4.69, 9.17) is 0 Å². The fourth-order valence-corrected chi connectivity index (χ4v) is 4.23. The first-order valence-electron chi connectivity index (χ1n) is 9.08. The molecular formula is C19H26N4. The fraction of sp³-hybridized carbons (Fsp3) is 0.579. The second-order valence-corrected chi connectivity index (χ2v) is 7.03. The van der Waals surface area contributed by atoms with Gasteiger partial charge in [0, 0.05) is 18.7 Å². The van der Waals surface area contributed by atoms with Crippen LogP contribution in [-0.2, 0) is 6.42 Å². The van der Waals surface area contributed by atoms with E-state index in [1.54, 1.807) is 0 Å². The lowest BCUT2D eigenvalue weighted by Gasteiger charge is -2.25. The van der Waals surface area contributed by atoms with E-state index in [1.165, 1.54) is 50.0 Å². The molecule has 1 saturated heterocycles. The Morgan fingerprint density at radius 2 is 2.00 bits per heavy atom. The van der Waals surface area contributed by atoms with E-state index in [2.05, 4.69) is 57.1 Å². The number of hydrogen-bond donors (Lipinski definition) is 0. The second kappa shape index (κ2) is 6.44. The van der Waals surface area contributed by atoms with Crippen LogP contribution in [0.5, 0.6) is 0 Å². The van der Waals surface area contributed by atoms with Crippen molar-refractivity contribution < 1.29 is 0 Å². The van der Waals surface area contributed by atoms with Gasteiger partial charge in [0.25, 0.3) is 0 Å². The van der Waals surface area contributed by atoms with Crippen molar-refractivity contribution in [3.05, 3.63) is 36.0 Å². The largest absolute Gasteiger partial charge is 0.301 e. The molecule has 2 aliphatic rings. The van der Waals surface area contributed by atoms with E-state index in [1.807, 2.05) is 0 Å². The number of fused-ring (bicyclic) bond motifs is 3. The number of likely N-dealkylation sites (tertiary alicyclic amines) is 1. The molecule has 0 saturated carbocycles. The van der Waals surface area contributed by atoms with Crippen molar-refractivity contribution in [2.24, 2.45) is 5.92 Å². The molecule has 1 aromatic carbocycles. The zero-order valence-corrected chi connectivity index (χ0v) is 14.0. The standard InChI is InChI=1S/C19H26N4/c1-2-3-7-12-22-13-16-10-11-17-19(15-8-5-4-6-9-15)20-21-23(17)18(16)14-22/h4-6,8-9,16,18H,2-3,7,10-14H2,1H3/t16-,18+/m0/s1. The molecule has 0 aliphatic carbocycles. The molecule has 0 radical (unpaired) electrons. The summed E-state index contributed by atoms with van der Waals surface area (Å²) < 4.78 is 2.25. The molecule has 3 heterocycles. The highest BCUT2D eigenvalue weighted by Crippen LogP contribution is 2.38. The Morgan fingerprint density at radius 1 is 1.13 bits per heavy atom. The normalized spacial score (nSPS) is 23.7. The topological polar surface area (TPSA) is 34.0 Å². The van der Waals surface area contributed by atoms with Gasteiger partial charge in [-0.2, -0.15) is 0 Å². The first-order valence-corrected chi connectivity index (χ1v) is 9.08. The first kappa shape index (κ1) is 14.9. The van der Waals surface area contributed by atoms with Crippen LogP contribution < -0.4 is 0 Å². The summed E-state index contributed by atoms with van der Waals surface area (Å²) in [6.45, 7) is 5.92. The third kappa shape index (κ3) is 2.80. The summed E-state index contributed by atoms with van der Waals surface area (Å²) >= 11 is 0. The SMILES string of the molecule is CCCCCN1C[C@@H]2CCc3c(-c4ccccc4)nnn3[C@@H]2C1. The van der Waals surface area contributed by atoms with Gasteiger partial charge in [0.15, 0.2) is 0 Å². The van der Waals surface area contributed by atoms with E-state index < -0.39 is 0 Å². The van der Waals surface area contributed by atoms with Crippen molar-refractivity contribution in [1.29, 1.82) is 0 Å². The van der Waals surface area contributed by atoms with Gasteiger partial charge in [-0.05, 0) is 31.7 Å². The molecule has 2 aromatic rings. The molecule has 4 nitrogen and oxygen atoms in total. The molecule has 4 rings (SSSR count).